The molecular formula is C26H32N2O5. The SMILES string of the molecule is COc1ccc2c(c1)OC(C(C)C)C(=O)N(C1CCN(Cc3ccccc3)CC1)C2C(=O)O. The summed E-state index contributed by atoms with van der Waals surface area (Å²) in [6.45, 7) is 6.30. The number of benzene rings is 2. The molecule has 2 unspecified atom stereocenters. The van der Waals surface area contributed by atoms with Crippen LogP contribution in [0.15, 0.2) is 48.5 Å². The van der Waals surface area contributed by atoms with E-state index in [4.69, 9.17) is 9.47 Å². The maximum absolute atomic E-state index is 13.7. The lowest BCUT2D eigenvalue weighted by Crippen LogP contribution is -2.53. The van der Waals surface area contributed by atoms with Crippen molar-refractivity contribution >= 4 is 11.9 Å². The van der Waals surface area contributed by atoms with Gasteiger partial charge in [0.05, 0.1) is 7.11 Å². The smallest absolute Gasteiger partial charge is 0.331 e. The van der Waals surface area contributed by atoms with Crippen LogP contribution >= 0.6 is 0 Å². The molecule has 1 amide bonds. The molecule has 7 nitrogen and oxygen atoms in total. The van der Waals surface area contributed by atoms with Crippen LogP contribution in [0.25, 0.3) is 0 Å². The van der Waals surface area contributed by atoms with Crippen LogP contribution in [0.2, 0.25) is 0 Å². The lowest BCUT2D eigenvalue weighted by atomic mass is 9.95. The van der Waals surface area contributed by atoms with Crippen molar-refractivity contribution in [3.05, 3.63) is 59.7 Å². The summed E-state index contributed by atoms with van der Waals surface area (Å²) in [6, 6.07) is 14.2. The summed E-state index contributed by atoms with van der Waals surface area (Å²) in [5.41, 5.74) is 1.74. The average molecular weight is 453 g/mol. The number of carbonyl (C=O) groups excluding carboxylic acids is 1. The molecule has 2 heterocycles. The first-order valence-corrected chi connectivity index (χ1v) is 11.5. The van der Waals surface area contributed by atoms with Gasteiger partial charge in [0.25, 0.3) is 5.91 Å². The van der Waals surface area contributed by atoms with Gasteiger partial charge in [-0.1, -0.05) is 44.2 Å². The zero-order valence-corrected chi connectivity index (χ0v) is 19.4. The Morgan fingerprint density at radius 2 is 1.85 bits per heavy atom. The Balaban J connectivity index is 1.62. The van der Waals surface area contributed by atoms with Crippen molar-refractivity contribution in [2.45, 2.75) is 51.4 Å². The van der Waals surface area contributed by atoms with E-state index in [0.717, 1.165) is 32.5 Å². The van der Waals surface area contributed by atoms with Crippen LogP contribution in [0.5, 0.6) is 11.5 Å². The van der Waals surface area contributed by atoms with E-state index in [0.29, 0.717) is 17.1 Å². The van der Waals surface area contributed by atoms with Gasteiger partial charge in [0.1, 0.15) is 11.5 Å². The van der Waals surface area contributed by atoms with Gasteiger partial charge in [-0.05, 0) is 36.5 Å². The lowest BCUT2D eigenvalue weighted by Gasteiger charge is -2.41. The molecule has 0 bridgehead atoms. The number of fused-ring (bicyclic) bond motifs is 1. The maximum Gasteiger partial charge on any atom is 0.331 e. The summed E-state index contributed by atoms with van der Waals surface area (Å²) in [4.78, 5) is 30.2. The molecule has 0 saturated carbocycles. The van der Waals surface area contributed by atoms with Gasteiger partial charge >= 0.3 is 5.97 Å². The molecule has 2 aromatic carbocycles. The van der Waals surface area contributed by atoms with E-state index < -0.39 is 18.1 Å². The Hall–Kier alpha value is -3.06. The Morgan fingerprint density at radius 3 is 2.45 bits per heavy atom. The quantitative estimate of drug-likeness (QED) is 0.720. The zero-order valence-electron chi connectivity index (χ0n) is 19.4. The highest BCUT2D eigenvalue weighted by molar-refractivity contribution is 5.89. The van der Waals surface area contributed by atoms with Crippen LogP contribution in [0.4, 0.5) is 0 Å². The lowest BCUT2D eigenvalue weighted by molar-refractivity contribution is -0.157. The average Bonchev–Trinajstić information content (AvgIpc) is 2.94. The molecule has 1 fully saturated rings. The Kier molecular flexibility index (Phi) is 6.88. The molecular weight excluding hydrogens is 420 g/mol. The normalized spacial score (nSPS) is 21.9. The van der Waals surface area contributed by atoms with Crippen molar-refractivity contribution in [2.75, 3.05) is 20.2 Å². The van der Waals surface area contributed by atoms with Crippen molar-refractivity contribution in [3.63, 3.8) is 0 Å². The van der Waals surface area contributed by atoms with E-state index in [9.17, 15) is 14.7 Å². The summed E-state index contributed by atoms with van der Waals surface area (Å²) < 4.78 is 11.4. The standard InChI is InChI=1S/C26H32N2O5/c1-17(2)24-25(29)28(19-11-13-27(14-12-19)16-18-7-5-4-6-8-18)23(26(30)31)21-10-9-20(32-3)15-22(21)33-24/h4-10,15,17,19,23-24H,11-14,16H2,1-3H3,(H,30,31). The van der Waals surface area contributed by atoms with Crippen molar-refractivity contribution in [3.8, 4) is 11.5 Å². The number of ether oxygens (including phenoxy) is 2. The molecule has 0 radical (unpaired) electrons. The van der Waals surface area contributed by atoms with Gasteiger partial charge < -0.3 is 19.5 Å². The van der Waals surface area contributed by atoms with Gasteiger partial charge in [-0.15, -0.1) is 0 Å². The van der Waals surface area contributed by atoms with Gasteiger partial charge in [-0.2, -0.15) is 0 Å². The van der Waals surface area contributed by atoms with Crippen LogP contribution in [0.3, 0.4) is 0 Å². The number of rotatable bonds is 6. The second-order valence-electron chi connectivity index (χ2n) is 9.17. The van der Waals surface area contributed by atoms with Gasteiger partial charge in [0.2, 0.25) is 0 Å². The molecule has 0 aromatic heterocycles. The van der Waals surface area contributed by atoms with Crippen LogP contribution in [0.1, 0.15) is 43.9 Å². The number of carboxylic acids is 1. The molecule has 4 rings (SSSR count). The number of nitrogens with zero attached hydrogens (tertiary/aromatic N) is 2. The number of likely N-dealkylation sites (tertiary alicyclic amines) is 1. The molecule has 176 valence electrons. The van der Waals surface area contributed by atoms with E-state index >= 15 is 0 Å². The molecule has 2 aromatic rings. The van der Waals surface area contributed by atoms with Crippen molar-refractivity contribution in [1.29, 1.82) is 0 Å². The molecule has 2 aliphatic heterocycles. The number of hydrogen-bond donors (Lipinski definition) is 1. The minimum absolute atomic E-state index is 0.107. The minimum atomic E-state index is -1.09. The van der Waals surface area contributed by atoms with Gasteiger partial charge in [0, 0.05) is 37.3 Å². The summed E-state index contributed by atoms with van der Waals surface area (Å²) in [7, 11) is 1.55. The molecule has 33 heavy (non-hydrogen) atoms. The van der Waals surface area contributed by atoms with Crippen LogP contribution in [-0.4, -0.2) is 59.1 Å². The highest BCUT2D eigenvalue weighted by Gasteiger charge is 2.45. The van der Waals surface area contributed by atoms with E-state index in [1.54, 1.807) is 30.2 Å². The number of hydrogen-bond acceptors (Lipinski definition) is 5. The molecule has 1 saturated heterocycles. The van der Waals surface area contributed by atoms with Gasteiger partial charge in [-0.25, -0.2) is 4.79 Å². The van der Waals surface area contributed by atoms with Crippen molar-refractivity contribution in [1.82, 2.24) is 9.80 Å². The van der Waals surface area contributed by atoms with E-state index in [-0.39, 0.29) is 17.9 Å². The van der Waals surface area contributed by atoms with Crippen molar-refractivity contribution in [2.24, 2.45) is 5.92 Å². The molecule has 2 atom stereocenters. The zero-order chi connectivity index (χ0) is 23.5. The van der Waals surface area contributed by atoms with Gasteiger partial charge in [-0.3, -0.25) is 9.69 Å². The molecule has 2 aliphatic rings. The first-order chi connectivity index (χ1) is 15.9. The monoisotopic (exact) mass is 452 g/mol. The second-order valence-corrected chi connectivity index (χ2v) is 9.17. The fourth-order valence-corrected chi connectivity index (χ4v) is 4.84. The van der Waals surface area contributed by atoms with Gasteiger partial charge in [0.15, 0.2) is 12.1 Å². The van der Waals surface area contributed by atoms with Crippen LogP contribution < -0.4 is 9.47 Å². The third kappa shape index (κ3) is 4.83. The van der Waals surface area contributed by atoms with E-state index in [1.165, 1.54) is 5.56 Å². The number of piperidine rings is 1. The van der Waals surface area contributed by atoms with Crippen LogP contribution in [0, 0.1) is 5.92 Å². The molecule has 7 heteroatoms. The van der Waals surface area contributed by atoms with Crippen molar-refractivity contribution < 1.29 is 24.2 Å². The maximum atomic E-state index is 13.7. The molecule has 0 spiro atoms. The minimum Gasteiger partial charge on any atom is -0.497 e. The summed E-state index contributed by atoms with van der Waals surface area (Å²) in [6.07, 6.45) is 0.694. The Morgan fingerprint density at radius 1 is 1.15 bits per heavy atom. The summed E-state index contributed by atoms with van der Waals surface area (Å²) in [5.74, 6) is -0.443. The van der Waals surface area contributed by atoms with E-state index in [1.807, 2.05) is 32.0 Å². The number of carboxylic acid groups (broad SMARTS) is 1. The fourth-order valence-electron chi connectivity index (χ4n) is 4.84. The highest BCUT2D eigenvalue weighted by Crippen LogP contribution is 2.40. The molecule has 0 aliphatic carbocycles. The third-order valence-corrected chi connectivity index (χ3v) is 6.58. The largest absolute Gasteiger partial charge is 0.497 e. The third-order valence-electron chi connectivity index (χ3n) is 6.58. The topological polar surface area (TPSA) is 79.3 Å². The Bertz CT molecular complexity index is 985. The molecule has 1 N–H and O–H groups in total. The number of carbonyl (C=O) groups is 2. The second kappa shape index (κ2) is 9.83. The van der Waals surface area contributed by atoms with Crippen LogP contribution in [-0.2, 0) is 16.1 Å². The number of methoxy groups -OCH3 is 1. The first-order valence-electron chi connectivity index (χ1n) is 11.5. The fraction of sp³-hybridized carbons (Fsp3) is 0.462. The summed E-state index contributed by atoms with van der Waals surface area (Å²) >= 11 is 0. The Labute approximate surface area is 194 Å². The highest BCUT2D eigenvalue weighted by atomic mass is 16.5. The van der Waals surface area contributed by atoms with E-state index in [2.05, 4.69) is 17.0 Å². The first kappa shape index (κ1) is 23.1. The predicted molar refractivity (Wildman–Crippen MR) is 124 cm³/mol. The number of amides is 1. The number of aliphatic carboxylic acids is 1. The predicted octanol–water partition coefficient (Wildman–Crippen LogP) is 3.73. The summed E-state index contributed by atoms with van der Waals surface area (Å²) in [5, 5.41) is 10.2.